The van der Waals surface area contributed by atoms with Crippen molar-refractivity contribution in [1.29, 1.82) is 0 Å². The van der Waals surface area contributed by atoms with E-state index in [1.807, 2.05) is 0 Å². The van der Waals surface area contributed by atoms with Crippen LogP contribution in [0.25, 0.3) is 0 Å². The highest BCUT2D eigenvalue weighted by atomic mass is 16.6. The summed E-state index contributed by atoms with van der Waals surface area (Å²) >= 11 is 0. The summed E-state index contributed by atoms with van der Waals surface area (Å²) in [5.41, 5.74) is 14.1. The van der Waals surface area contributed by atoms with Crippen LogP contribution in [-0.2, 0) is 4.74 Å². The molecule has 0 saturated carbocycles. The van der Waals surface area contributed by atoms with Gasteiger partial charge < -0.3 is 21.9 Å². The van der Waals surface area contributed by atoms with E-state index < -0.39 is 11.7 Å². The second-order valence-corrected chi connectivity index (χ2v) is 3.11. The minimum atomic E-state index is -0.725. The predicted octanol–water partition coefficient (Wildman–Crippen LogP) is -0.216. The summed E-state index contributed by atoms with van der Waals surface area (Å²) in [6, 6.07) is 0. The van der Waals surface area contributed by atoms with Crippen molar-refractivity contribution in [2.45, 2.75) is 26.4 Å². The molecule has 0 aliphatic carbocycles. The molecule has 0 saturated heterocycles. The summed E-state index contributed by atoms with van der Waals surface area (Å²) in [6.07, 6.45) is -0.725. The van der Waals surface area contributed by atoms with Gasteiger partial charge in [-0.2, -0.15) is 0 Å². The van der Waals surface area contributed by atoms with Gasteiger partial charge in [-0.15, -0.1) is 0 Å². The Labute approximate surface area is 73.2 Å². The molecule has 0 aromatic heterocycles. The van der Waals surface area contributed by atoms with Crippen LogP contribution in [0.3, 0.4) is 0 Å². The highest BCUT2D eigenvalue weighted by molar-refractivity contribution is 5.65. The Bertz CT molecular complexity index is 118. The molecule has 0 spiro atoms. The summed E-state index contributed by atoms with van der Waals surface area (Å²) < 4.78 is 4.58. The van der Waals surface area contributed by atoms with Gasteiger partial charge in [-0.3, -0.25) is 0 Å². The first-order valence-corrected chi connectivity index (χ1v) is 3.72. The van der Waals surface area contributed by atoms with Crippen LogP contribution in [0.4, 0.5) is 4.79 Å². The molecule has 0 unspecified atom stereocenters. The van der Waals surface area contributed by atoms with Crippen molar-refractivity contribution in [1.82, 2.24) is 0 Å². The van der Waals surface area contributed by atoms with Gasteiger partial charge in [0.2, 0.25) is 0 Å². The lowest BCUT2D eigenvalue weighted by Gasteiger charge is -2.16. The van der Waals surface area contributed by atoms with Crippen LogP contribution < -0.4 is 17.2 Å². The molecular weight excluding hydrogens is 158 g/mol. The number of nitrogens with two attached hydrogens (primary N) is 3. The van der Waals surface area contributed by atoms with Gasteiger partial charge in [0.1, 0.15) is 5.60 Å². The molecule has 0 aromatic carbocycles. The van der Waals surface area contributed by atoms with Crippen molar-refractivity contribution in [3.8, 4) is 0 Å². The first kappa shape index (κ1) is 13.8. The van der Waals surface area contributed by atoms with Gasteiger partial charge >= 0.3 is 6.09 Å². The molecule has 0 aliphatic heterocycles. The highest BCUT2D eigenvalue weighted by Crippen LogP contribution is 2.04. The lowest BCUT2D eigenvalue weighted by molar-refractivity contribution is 0.0600. The molecule has 0 fully saturated rings. The molecule has 12 heavy (non-hydrogen) atoms. The van der Waals surface area contributed by atoms with Gasteiger partial charge in [-0.1, -0.05) is 0 Å². The monoisotopic (exact) mass is 177 g/mol. The Morgan fingerprint density at radius 3 is 1.58 bits per heavy atom. The number of hydrogen-bond acceptors (Lipinski definition) is 4. The first-order valence-electron chi connectivity index (χ1n) is 3.72. The quantitative estimate of drug-likeness (QED) is 0.515. The Morgan fingerprint density at radius 1 is 1.25 bits per heavy atom. The number of carbonyl (C=O) groups is 1. The zero-order valence-electron chi connectivity index (χ0n) is 7.96. The summed E-state index contributed by atoms with van der Waals surface area (Å²) in [7, 11) is 0. The Kier molecular flexibility index (Phi) is 7.88. The summed E-state index contributed by atoms with van der Waals surface area (Å²) in [4.78, 5) is 10.0. The fourth-order valence-corrected chi connectivity index (χ4v) is 0.302. The summed E-state index contributed by atoms with van der Waals surface area (Å²) in [5, 5.41) is 0. The maximum Gasteiger partial charge on any atom is 0.405 e. The fourth-order valence-electron chi connectivity index (χ4n) is 0.302. The molecule has 0 rings (SSSR count). The van der Waals surface area contributed by atoms with E-state index in [1.54, 1.807) is 20.8 Å². The van der Waals surface area contributed by atoms with E-state index in [0.29, 0.717) is 13.1 Å². The highest BCUT2D eigenvalue weighted by Gasteiger charge is 2.12. The molecule has 1 amide bonds. The minimum absolute atomic E-state index is 0.453. The van der Waals surface area contributed by atoms with Gasteiger partial charge in [0.05, 0.1) is 0 Å². The van der Waals surface area contributed by atoms with E-state index >= 15 is 0 Å². The fraction of sp³-hybridized carbons (Fsp3) is 0.857. The maximum absolute atomic E-state index is 10.0. The molecule has 74 valence electrons. The van der Waals surface area contributed by atoms with Crippen LogP contribution in [0.1, 0.15) is 20.8 Å². The molecule has 0 bridgehead atoms. The normalized spacial score (nSPS) is 9.75. The molecule has 5 heteroatoms. The number of rotatable bonds is 1. The van der Waals surface area contributed by atoms with Crippen LogP contribution in [-0.4, -0.2) is 24.8 Å². The van der Waals surface area contributed by atoms with E-state index in [4.69, 9.17) is 17.2 Å². The zero-order valence-corrected chi connectivity index (χ0v) is 7.96. The van der Waals surface area contributed by atoms with Crippen molar-refractivity contribution in [3.05, 3.63) is 0 Å². The van der Waals surface area contributed by atoms with E-state index in [9.17, 15) is 4.79 Å². The zero-order chi connectivity index (χ0) is 10.2. The molecule has 0 radical (unpaired) electrons. The number of carbonyl (C=O) groups excluding carboxylic acids is 1. The van der Waals surface area contributed by atoms with Crippen molar-refractivity contribution in [2.75, 3.05) is 13.1 Å². The molecule has 0 atom stereocenters. The Morgan fingerprint density at radius 2 is 1.58 bits per heavy atom. The van der Waals surface area contributed by atoms with Crippen LogP contribution >= 0.6 is 0 Å². The second-order valence-electron chi connectivity index (χ2n) is 3.11. The largest absolute Gasteiger partial charge is 0.444 e. The van der Waals surface area contributed by atoms with E-state index in [2.05, 4.69) is 4.74 Å². The molecular formula is C7H19N3O2. The third kappa shape index (κ3) is 22.9. The number of hydrogen-bond donors (Lipinski definition) is 3. The van der Waals surface area contributed by atoms with Crippen LogP contribution in [0, 0.1) is 0 Å². The number of amides is 1. The molecule has 0 aromatic rings. The van der Waals surface area contributed by atoms with Crippen molar-refractivity contribution >= 4 is 6.09 Å². The van der Waals surface area contributed by atoms with Gasteiger partial charge in [-0.25, -0.2) is 4.79 Å². The second kappa shape index (κ2) is 6.87. The summed E-state index contributed by atoms with van der Waals surface area (Å²) in [6.45, 7) is 6.48. The Balaban J connectivity index is 0. The molecule has 5 nitrogen and oxygen atoms in total. The lowest BCUT2D eigenvalue weighted by Crippen LogP contribution is -2.27. The smallest absolute Gasteiger partial charge is 0.405 e. The number of ether oxygens (including phenoxy) is 1. The van der Waals surface area contributed by atoms with Crippen molar-refractivity contribution < 1.29 is 9.53 Å². The Hall–Kier alpha value is -0.810. The van der Waals surface area contributed by atoms with Gasteiger partial charge in [0.25, 0.3) is 0 Å². The minimum Gasteiger partial charge on any atom is -0.444 e. The maximum atomic E-state index is 10.0. The number of primary amides is 1. The molecule has 0 aliphatic rings. The molecule has 6 N–H and O–H groups in total. The van der Waals surface area contributed by atoms with E-state index in [0.717, 1.165) is 0 Å². The summed E-state index contributed by atoms with van der Waals surface area (Å²) in [5.74, 6) is 0. The van der Waals surface area contributed by atoms with Crippen LogP contribution in [0.2, 0.25) is 0 Å². The first-order chi connectivity index (χ1) is 5.33. The SMILES string of the molecule is CC(C)(C)OC(N)=O.NCCN. The van der Waals surface area contributed by atoms with E-state index in [1.165, 1.54) is 0 Å². The molecule has 0 heterocycles. The third-order valence-corrected chi connectivity index (χ3v) is 0.573. The van der Waals surface area contributed by atoms with Crippen LogP contribution in [0.15, 0.2) is 0 Å². The third-order valence-electron chi connectivity index (χ3n) is 0.573. The average Bonchev–Trinajstić information content (AvgIpc) is 1.83. The van der Waals surface area contributed by atoms with Gasteiger partial charge in [0, 0.05) is 13.1 Å². The average molecular weight is 177 g/mol. The van der Waals surface area contributed by atoms with Gasteiger partial charge in [-0.05, 0) is 20.8 Å². The van der Waals surface area contributed by atoms with Gasteiger partial charge in [0.15, 0.2) is 0 Å². The van der Waals surface area contributed by atoms with Crippen LogP contribution in [0.5, 0.6) is 0 Å². The van der Waals surface area contributed by atoms with Crippen molar-refractivity contribution in [2.24, 2.45) is 17.2 Å². The predicted molar refractivity (Wildman–Crippen MR) is 48.5 cm³/mol. The van der Waals surface area contributed by atoms with E-state index in [-0.39, 0.29) is 0 Å². The van der Waals surface area contributed by atoms with Crippen molar-refractivity contribution in [3.63, 3.8) is 0 Å². The topological polar surface area (TPSA) is 104 Å². The standard InChI is InChI=1S/C5H11NO2.C2H8N2/c1-5(2,3)8-4(6)7;3-1-2-4/h1-3H3,(H2,6,7);1-4H2. The lowest BCUT2D eigenvalue weighted by atomic mass is 10.2.